The van der Waals surface area contributed by atoms with Crippen LogP contribution in [0.3, 0.4) is 0 Å². The first-order valence-corrected chi connectivity index (χ1v) is 13.1. The summed E-state index contributed by atoms with van der Waals surface area (Å²) in [5.74, 6) is -0.522. The number of hydrogen-bond donors (Lipinski definition) is 1. The lowest BCUT2D eigenvalue weighted by Gasteiger charge is -2.27. The molecule has 3 aromatic carbocycles. The second kappa shape index (κ2) is 11.3. The highest BCUT2D eigenvalue weighted by Crippen LogP contribution is 2.38. The van der Waals surface area contributed by atoms with Crippen molar-refractivity contribution >= 4 is 61.5 Å². The average Bonchev–Trinajstić information content (AvgIpc) is 2.84. The number of anilines is 1. The van der Waals surface area contributed by atoms with E-state index >= 15 is 0 Å². The molecule has 1 fully saturated rings. The molecular formula is C28H24Br2N2O5. The monoisotopic (exact) mass is 626 g/mol. The van der Waals surface area contributed by atoms with Crippen molar-refractivity contribution in [3.63, 3.8) is 0 Å². The summed E-state index contributed by atoms with van der Waals surface area (Å²) < 4.78 is 13.4. The van der Waals surface area contributed by atoms with Gasteiger partial charge in [0.05, 0.1) is 16.8 Å². The molecule has 1 aliphatic heterocycles. The van der Waals surface area contributed by atoms with E-state index in [9.17, 15) is 14.4 Å². The van der Waals surface area contributed by atoms with Gasteiger partial charge in [0, 0.05) is 4.47 Å². The van der Waals surface area contributed by atoms with Crippen molar-refractivity contribution in [2.24, 2.45) is 0 Å². The zero-order valence-corrected chi connectivity index (χ0v) is 23.6. The third kappa shape index (κ3) is 5.94. The highest BCUT2D eigenvalue weighted by molar-refractivity contribution is 9.10. The summed E-state index contributed by atoms with van der Waals surface area (Å²) in [6.45, 7) is 6.38. The molecule has 0 bridgehead atoms. The Hall–Kier alpha value is -3.43. The number of hydrogen-bond acceptors (Lipinski definition) is 5. The first-order chi connectivity index (χ1) is 17.7. The molecule has 0 unspecified atom stereocenters. The van der Waals surface area contributed by atoms with Gasteiger partial charge in [-0.2, -0.15) is 0 Å². The van der Waals surface area contributed by atoms with E-state index in [0.29, 0.717) is 40.4 Å². The maximum Gasteiger partial charge on any atom is 0.335 e. The number of halogens is 2. The number of aryl methyl sites for hydroxylation is 2. The second-order valence-corrected chi connectivity index (χ2v) is 10.2. The molecule has 9 heteroatoms. The van der Waals surface area contributed by atoms with E-state index in [0.717, 1.165) is 26.1 Å². The van der Waals surface area contributed by atoms with E-state index in [2.05, 4.69) is 37.2 Å². The Bertz CT molecular complexity index is 1420. The van der Waals surface area contributed by atoms with Gasteiger partial charge < -0.3 is 9.47 Å². The fourth-order valence-corrected chi connectivity index (χ4v) is 4.57. The van der Waals surface area contributed by atoms with E-state index < -0.39 is 17.8 Å². The van der Waals surface area contributed by atoms with Crippen molar-refractivity contribution in [3.8, 4) is 11.5 Å². The van der Waals surface area contributed by atoms with Crippen molar-refractivity contribution in [1.29, 1.82) is 0 Å². The molecule has 4 amide bonds. The fraction of sp³-hybridized carbons (Fsp3) is 0.179. The third-order valence-electron chi connectivity index (χ3n) is 5.79. The molecule has 37 heavy (non-hydrogen) atoms. The number of benzene rings is 3. The maximum atomic E-state index is 13.3. The molecule has 1 N–H and O–H groups in total. The predicted molar refractivity (Wildman–Crippen MR) is 149 cm³/mol. The van der Waals surface area contributed by atoms with Crippen molar-refractivity contribution in [3.05, 3.63) is 91.4 Å². The molecule has 7 nitrogen and oxygen atoms in total. The minimum absolute atomic E-state index is 0.171. The van der Waals surface area contributed by atoms with Crippen LogP contribution < -0.4 is 19.7 Å². The zero-order valence-electron chi connectivity index (χ0n) is 20.4. The molecule has 3 aromatic rings. The standard InChI is InChI=1S/C28H24Br2N2O5/c1-4-36-24-14-19(13-23(30)25(24)37-15-18-6-8-20(29)9-7-18)12-22-26(33)31-28(35)32(27(22)34)21-10-5-16(2)17(3)11-21/h5-14H,4,15H2,1-3H3,(H,31,33,35)/b22-12+. The highest BCUT2D eigenvalue weighted by atomic mass is 79.9. The van der Waals surface area contributed by atoms with Crippen LogP contribution in [0.4, 0.5) is 10.5 Å². The van der Waals surface area contributed by atoms with Crippen LogP contribution in [0.25, 0.3) is 6.08 Å². The maximum absolute atomic E-state index is 13.3. The molecule has 4 rings (SSSR count). The number of nitrogens with zero attached hydrogens (tertiary/aromatic N) is 1. The van der Waals surface area contributed by atoms with Gasteiger partial charge in [-0.05, 0) is 101 Å². The minimum atomic E-state index is -0.789. The Balaban J connectivity index is 1.66. The Labute approximate surface area is 231 Å². The molecule has 0 radical (unpaired) electrons. The van der Waals surface area contributed by atoms with E-state index in [1.54, 1.807) is 24.3 Å². The van der Waals surface area contributed by atoms with Gasteiger partial charge in [-0.3, -0.25) is 14.9 Å². The number of nitrogens with one attached hydrogen (secondary N) is 1. The third-order valence-corrected chi connectivity index (χ3v) is 6.91. The number of carbonyl (C=O) groups is 3. The topological polar surface area (TPSA) is 84.9 Å². The van der Waals surface area contributed by atoms with E-state index in [-0.39, 0.29) is 5.57 Å². The van der Waals surface area contributed by atoms with E-state index in [4.69, 9.17) is 9.47 Å². The minimum Gasteiger partial charge on any atom is -0.490 e. The molecule has 0 aromatic heterocycles. The van der Waals surface area contributed by atoms with Gasteiger partial charge in [0.15, 0.2) is 11.5 Å². The van der Waals surface area contributed by atoms with Crippen LogP contribution in [0.1, 0.15) is 29.2 Å². The van der Waals surface area contributed by atoms with Gasteiger partial charge in [-0.25, -0.2) is 9.69 Å². The van der Waals surface area contributed by atoms with Crippen molar-refractivity contribution in [2.45, 2.75) is 27.4 Å². The Kier molecular flexibility index (Phi) is 8.14. The molecule has 190 valence electrons. The number of carbonyl (C=O) groups excluding carboxylic acids is 3. The van der Waals surface area contributed by atoms with Crippen LogP contribution in [0.5, 0.6) is 11.5 Å². The molecule has 0 atom stereocenters. The largest absolute Gasteiger partial charge is 0.490 e. The van der Waals surface area contributed by atoms with Crippen LogP contribution >= 0.6 is 31.9 Å². The van der Waals surface area contributed by atoms with Crippen LogP contribution in [0.15, 0.2) is 69.1 Å². The molecular weight excluding hydrogens is 604 g/mol. The lowest BCUT2D eigenvalue weighted by Crippen LogP contribution is -2.54. The fourth-order valence-electron chi connectivity index (χ4n) is 3.73. The normalized spacial score (nSPS) is 14.7. The highest BCUT2D eigenvalue weighted by Gasteiger charge is 2.37. The van der Waals surface area contributed by atoms with Gasteiger partial charge in [0.1, 0.15) is 12.2 Å². The van der Waals surface area contributed by atoms with Crippen LogP contribution in [0.2, 0.25) is 0 Å². The first kappa shape index (κ1) is 26.6. The van der Waals surface area contributed by atoms with Crippen LogP contribution in [-0.2, 0) is 16.2 Å². The van der Waals surface area contributed by atoms with E-state index in [1.165, 1.54) is 6.08 Å². The summed E-state index contributed by atoms with van der Waals surface area (Å²) >= 11 is 6.95. The summed E-state index contributed by atoms with van der Waals surface area (Å²) in [6, 6.07) is 15.6. The van der Waals surface area contributed by atoms with Gasteiger partial charge in [0.25, 0.3) is 11.8 Å². The number of urea groups is 1. The lowest BCUT2D eigenvalue weighted by molar-refractivity contribution is -0.122. The van der Waals surface area contributed by atoms with Gasteiger partial charge >= 0.3 is 6.03 Å². The number of imide groups is 2. The Morgan fingerprint density at radius 3 is 2.32 bits per heavy atom. The lowest BCUT2D eigenvalue weighted by atomic mass is 10.0. The Morgan fingerprint density at radius 2 is 1.65 bits per heavy atom. The Morgan fingerprint density at radius 1 is 0.919 bits per heavy atom. The summed E-state index contributed by atoms with van der Waals surface area (Å²) in [6.07, 6.45) is 1.43. The smallest absolute Gasteiger partial charge is 0.335 e. The average molecular weight is 628 g/mol. The molecule has 0 saturated carbocycles. The summed E-state index contributed by atoms with van der Waals surface area (Å²) in [5, 5.41) is 2.26. The van der Waals surface area contributed by atoms with Crippen molar-refractivity contribution in [2.75, 3.05) is 11.5 Å². The number of ether oxygens (including phenoxy) is 2. The zero-order chi connectivity index (χ0) is 26.7. The second-order valence-electron chi connectivity index (χ2n) is 8.40. The van der Waals surface area contributed by atoms with Crippen molar-refractivity contribution < 1.29 is 23.9 Å². The summed E-state index contributed by atoms with van der Waals surface area (Å²) in [5.41, 5.74) is 3.66. The first-order valence-electron chi connectivity index (χ1n) is 11.5. The van der Waals surface area contributed by atoms with Crippen LogP contribution in [0, 0.1) is 13.8 Å². The molecule has 1 aliphatic rings. The summed E-state index contributed by atoms with van der Waals surface area (Å²) in [4.78, 5) is 39.5. The number of barbiturate groups is 1. The predicted octanol–water partition coefficient (Wildman–Crippen LogP) is 6.47. The van der Waals surface area contributed by atoms with Gasteiger partial charge in [-0.15, -0.1) is 0 Å². The van der Waals surface area contributed by atoms with Gasteiger partial charge in [0.2, 0.25) is 0 Å². The SMILES string of the molecule is CCOc1cc(/C=C2\C(=O)NC(=O)N(c3ccc(C)c(C)c3)C2=O)cc(Br)c1OCc1ccc(Br)cc1. The molecule has 1 heterocycles. The van der Waals surface area contributed by atoms with Crippen molar-refractivity contribution in [1.82, 2.24) is 5.32 Å². The quantitative estimate of drug-likeness (QED) is 0.240. The molecule has 0 aliphatic carbocycles. The molecule has 0 spiro atoms. The number of rotatable bonds is 7. The number of amides is 4. The molecule has 1 saturated heterocycles. The van der Waals surface area contributed by atoms with E-state index in [1.807, 2.05) is 51.1 Å². The van der Waals surface area contributed by atoms with Crippen LogP contribution in [-0.4, -0.2) is 24.5 Å². The summed E-state index contributed by atoms with van der Waals surface area (Å²) in [7, 11) is 0. The van der Waals surface area contributed by atoms with Gasteiger partial charge in [-0.1, -0.05) is 34.1 Å².